The van der Waals surface area contributed by atoms with Crippen LogP contribution in [-0.4, -0.2) is 33.0 Å². The van der Waals surface area contributed by atoms with E-state index in [0.717, 1.165) is 28.0 Å². The van der Waals surface area contributed by atoms with Crippen molar-refractivity contribution < 1.29 is 5.11 Å². The predicted octanol–water partition coefficient (Wildman–Crippen LogP) is 2.01. The van der Waals surface area contributed by atoms with Crippen LogP contribution in [0.25, 0.3) is 0 Å². The number of nitrogens with zero attached hydrogens (tertiary/aromatic N) is 2. The van der Waals surface area contributed by atoms with E-state index in [4.69, 9.17) is 0 Å². The van der Waals surface area contributed by atoms with Crippen LogP contribution >= 0.6 is 27.7 Å². The Labute approximate surface area is 103 Å². The van der Waals surface area contributed by atoms with E-state index in [-0.39, 0.29) is 6.10 Å². The molecular formula is C10H17BrN2OS. The van der Waals surface area contributed by atoms with E-state index in [9.17, 15) is 5.11 Å². The van der Waals surface area contributed by atoms with Crippen LogP contribution in [0, 0.1) is 0 Å². The number of halogens is 1. The summed E-state index contributed by atoms with van der Waals surface area (Å²) in [6, 6.07) is 0. The number of thioether (sulfide) groups is 1. The topological polar surface area (TPSA) is 38.0 Å². The molecule has 1 aromatic rings. The second-order valence-electron chi connectivity index (χ2n) is 3.50. The van der Waals surface area contributed by atoms with E-state index in [2.05, 4.69) is 28.0 Å². The molecule has 0 radical (unpaired) electrons. The highest BCUT2D eigenvalue weighted by Gasteiger charge is 2.15. The summed E-state index contributed by atoms with van der Waals surface area (Å²) in [4.78, 5) is 0. The second kappa shape index (κ2) is 5.92. The molecule has 0 aliphatic carbocycles. The van der Waals surface area contributed by atoms with Crippen LogP contribution in [0.4, 0.5) is 0 Å². The Morgan fingerprint density at radius 1 is 1.60 bits per heavy atom. The highest BCUT2D eigenvalue weighted by molar-refractivity contribution is 9.10. The Kier molecular flexibility index (Phi) is 5.15. The summed E-state index contributed by atoms with van der Waals surface area (Å²) in [7, 11) is 1.92. The van der Waals surface area contributed by atoms with Gasteiger partial charge in [-0.3, -0.25) is 4.68 Å². The summed E-state index contributed by atoms with van der Waals surface area (Å²) in [5, 5.41) is 14.1. The first kappa shape index (κ1) is 13.1. The normalized spacial score (nSPS) is 13.1. The molecule has 0 aliphatic heterocycles. The van der Waals surface area contributed by atoms with Crippen molar-refractivity contribution in [3.05, 3.63) is 15.9 Å². The fraction of sp³-hybridized carbons (Fsp3) is 0.700. The van der Waals surface area contributed by atoms with Crippen LogP contribution < -0.4 is 0 Å². The molecule has 0 fully saturated rings. The van der Waals surface area contributed by atoms with Crippen LogP contribution in [0.2, 0.25) is 0 Å². The minimum absolute atomic E-state index is 0.295. The third-order valence-corrected chi connectivity index (χ3v) is 3.92. The molecule has 1 heterocycles. The smallest absolute Gasteiger partial charge is 0.0766 e. The molecule has 0 amide bonds. The molecule has 1 aromatic heterocycles. The monoisotopic (exact) mass is 292 g/mol. The summed E-state index contributed by atoms with van der Waals surface area (Å²) in [6.45, 7) is 2.08. The molecule has 1 N–H and O–H groups in total. The van der Waals surface area contributed by atoms with Crippen LogP contribution in [0.1, 0.15) is 18.3 Å². The largest absolute Gasteiger partial charge is 0.392 e. The van der Waals surface area contributed by atoms with Crippen LogP contribution in [0.15, 0.2) is 4.47 Å². The summed E-state index contributed by atoms with van der Waals surface area (Å²) < 4.78 is 2.90. The van der Waals surface area contributed by atoms with Gasteiger partial charge in [0.2, 0.25) is 0 Å². The van der Waals surface area contributed by atoms with Gasteiger partial charge in [-0.25, -0.2) is 0 Å². The Balaban J connectivity index is 2.80. The van der Waals surface area contributed by atoms with Crippen LogP contribution in [0.5, 0.6) is 0 Å². The highest BCUT2D eigenvalue weighted by atomic mass is 79.9. The molecule has 1 rings (SSSR count). The van der Waals surface area contributed by atoms with Gasteiger partial charge in [0.15, 0.2) is 0 Å². The maximum atomic E-state index is 9.75. The van der Waals surface area contributed by atoms with Crippen molar-refractivity contribution in [1.82, 2.24) is 9.78 Å². The number of aromatic nitrogens is 2. The lowest BCUT2D eigenvalue weighted by atomic mass is 10.2. The molecule has 0 saturated heterocycles. The zero-order valence-electron chi connectivity index (χ0n) is 9.33. The van der Waals surface area contributed by atoms with E-state index in [1.54, 1.807) is 11.8 Å². The van der Waals surface area contributed by atoms with Crippen molar-refractivity contribution in [3.8, 4) is 0 Å². The molecule has 86 valence electrons. The van der Waals surface area contributed by atoms with Crippen LogP contribution in [-0.2, 0) is 19.9 Å². The van der Waals surface area contributed by atoms with Crippen molar-refractivity contribution in [2.24, 2.45) is 7.05 Å². The molecular weight excluding hydrogens is 276 g/mol. The van der Waals surface area contributed by atoms with Crippen LogP contribution in [0.3, 0.4) is 0 Å². The number of hydrogen-bond acceptors (Lipinski definition) is 3. The van der Waals surface area contributed by atoms with Gasteiger partial charge in [-0.1, -0.05) is 6.92 Å². The minimum atomic E-state index is -0.295. The average molecular weight is 293 g/mol. The molecule has 1 unspecified atom stereocenters. The number of aliphatic hydroxyl groups excluding tert-OH is 1. The van der Waals surface area contributed by atoms with Gasteiger partial charge in [0, 0.05) is 19.2 Å². The highest BCUT2D eigenvalue weighted by Crippen LogP contribution is 2.23. The number of hydrogen-bond donors (Lipinski definition) is 1. The molecule has 0 saturated carbocycles. The maximum absolute atomic E-state index is 9.75. The van der Waals surface area contributed by atoms with E-state index in [0.29, 0.717) is 6.42 Å². The summed E-state index contributed by atoms with van der Waals surface area (Å²) >= 11 is 5.20. The molecule has 15 heavy (non-hydrogen) atoms. The molecule has 0 aromatic carbocycles. The Bertz CT molecular complexity index is 327. The molecule has 1 atom stereocenters. The summed E-state index contributed by atoms with van der Waals surface area (Å²) in [5.41, 5.74) is 2.14. The SMILES string of the molecule is CCc1nn(C)c(CC(O)CSC)c1Br. The average Bonchev–Trinajstić information content (AvgIpc) is 2.45. The van der Waals surface area contributed by atoms with E-state index >= 15 is 0 Å². The zero-order chi connectivity index (χ0) is 11.4. The van der Waals surface area contributed by atoms with Crippen molar-refractivity contribution in [3.63, 3.8) is 0 Å². The van der Waals surface area contributed by atoms with Gasteiger partial charge in [-0.2, -0.15) is 16.9 Å². The lowest BCUT2D eigenvalue weighted by molar-refractivity contribution is 0.197. The Morgan fingerprint density at radius 2 is 2.27 bits per heavy atom. The van der Waals surface area contributed by atoms with Gasteiger partial charge >= 0.3 is 0 Å². The van der Waals surface area contributed by atoms with Gasteiger partial charge in [-0.05, 0) is 28.6 Å². The lowest BCUT2D eigenvalue weighted by Crippen LogP contribution is -2.16. The molecule has 0 bridgehead atoms. The number of aliphatic hydroxyl groups is 1. The van der Waals surface area contributed by atoms with Crippen molar-refractivity contribution >= 4 is 27.7 Å². The first-order chi connectivity index (χ1) is 7.10. The van der Waals surface area contributed by atoms with Gasteiger partial charge in [0.1, 0.15) is 0 Å². The third kappa shape index (κ3) is 3.23. The lowest BCUT2D eigenvalue weighted by Gasteiger charge is -2.09. The first-order valence-corrected chi connectivity index (χ1v) is 7.16. The zero-order valence-corrected chi connectivity index (χ0v) is 11.7. The fourth-order valence-corrected chi connectivity index (χ4v) is 2.80. The molecule has 5 heteroatoms. The number of aryl methyl sites for hydroxylation is 2. The fourth-order valence-electron chi connectivity index (χ4n) is 1.52. The van der Waals surface area contributed by atoms with E-state index < -0.39 is 0 Å². The van der Waals surface area contributed by atoms with Crippen molar-refractivity contribution in [2.75, 3.05) is 12.0 Å². The van der Waals surface area contributed by atoms with Gasteiger partial charge in [0.25, 0.3) is 0 Å². The Morgan fingerprint density at radius 3 is 2.73 bits per heavy atom. The van der Waals surface area contributed by atoms with Gasteiger partial charge < -0.3 is 5.11 Å². The molecule has 3 nitrogen and oxygen atoms in total. The van der Waals surface area contributed by atoms with Gasteiger partial charge in [0.05, 0.1) is 22.0 Å². The molecule has 0 aliphatic rings. The third-order valence-electron chi connectivity index (χ3n) is 2.29. The predicted molar refractivity (Wildman–Crippen MR) is 68.4 cm³/mol. The summed E-state index contributed by atoms with van der Waals surface area (Å²) in [5.74, 6) is 0.763. The second-order valence-corrected chi connectivity index (χ2v) is 5.20. The van der Waals surface area contributed by atoms with Gasteiger partial charge in [-0.15, -0.1) is 0 Å². The van der Waals surface area contributed by atoms with Crippen molar-refractivity contribution in [2.45, 2.75) is 25.9 Å². The van der Waals surface area contributed by atoms with E-state index in [1.807, 2.05) is 18.0 Å². The molecule has 0 spiro atoms. The van der Waals surface area contributed by atoms with Crippen molar-refractivity contribution in [1.29, 1.82) is 0 Å². The number of rotatable bonds is 5. The standard InChI is InChI=1S/C10H17BrN2OS/c1-4-8-10(11)9(13(2)12-8)5-7(14)6-15-3/h7,14H,4-6H2,1-3H3. The first-order valence-electron chi connectivity index (χ1n) is 4.97. The maximum Gasteiger partial charge on any atom is 0.0766 e. The minimum Gasteiger partial charge on any atom is -0.392 e. The Hall–Kier alpha value is -0.000000000000000111. The van der Waals surface area contributed by atoms with E-state index in [1.165, 1.54) is 0 Å². The quantitative estimate of drug-likeness (QED) is 0.902. The summed E-state index contributed by atoms with van der Waals surface area (Å²) in [6.07, 6.45) is 3.27.